The third-order valence-electron chi connectivity index (χ3n) is 4.55. The summed E-state index contributed by atoms with van der Waals surface area (Å²) in [7, 11) is 0. The lowest BCUT2D eigenvalue weighted by Gasteiger charge is -2.15. The maximum absolute atomic E-state index is 13.5. The van der Waals surface area contributed by atoms with Crippen LogP contribution in [0.2, 0.25) is 5.02 Å². The van der Waals surface area contributed by atoms with Crippen molar-refractivity contribution in [2.45, 2.75) is 24.7 Å². The zero-order chi connectivity index (χ0) is 18.6. The fraction of sp³-hybridized carbons (Fsp3) is 0.300. The number of benzene rings is 2. The van der Waals surface area contributed by atoms with Crippen LogP contribution in [0.3, 0.4) is 0 Å². The molecule has 0 radical (unpaired) electrons. The second-order valence-corrected chi connectivity index (χ2v) is 6.79. The summed E-state index contributed by atoms with van der Waals surface area (Å²) in [6.07, 6.45) is 1.77. The van der Waals surface area contributed by atoms with Crippen molar-refractivity contribution >= 4 is 23.5 Å². The highest BCUT2D eigenvalue weighted by molar-refractivity contribution is 6.30. The number of hydrogen-bond acceptors (Lipinski definition) is 3. The van der Waals surface area contributed by atoms with E-state index in [1.807, 2.05) is 12.1 Å². The topological polar surface area (TPSA) is 55.4 Å². The van der Waals surface area contributed by atoms with Gasteiger partial charge in [-0.05, 0) is 48.6 Å². The number of rotatable bonds is 7. The molecule has 136 valence electrons. The molecule has 0 aromatic heterocycles. The Kier molecular flexibility index (Phi) is 5.57. The van der Waals surface area contributed by atoms with E-state index in [9.17, 15) is 14.0 Å². The minimum atomic E-state index is -0.655. The molecule has 0 heterocycles. The van der Waals surface area contributed by atoms with E-state index < -0.39 is 17.3 Å². The standard InChI is InChI=1S/C20H19ClFNO3/c21-16-7-5-15(6-8-16)20(10-11-20)19(25)26-13-18(24)23-12-9-14-3-1-2-4-17(14)22/h1-8H,9-13H2,(H,23,24). The summed E-state index contributed by atoms with van der Waals surface area (Å²) >= 11 is 5.87. The van der Waals surface area contributed by atoms with Gasteiger partial charge in [-0.2, -0.15) is 0 Å². The summed E-state index contributed by atoms with van der Waals surface area (Å²) < 4.78 is 18.7. The molecular weight excluding hydrogens is 357 g/mol. The van der Waals surface area contributed by atoms with E-state index in [4.69, 9.17) is 16.3 Å². The Morgan fingerprint density at radius 2 is 1.81 bits per heavy atom. The quantitative estimate of drug-likeness (QED) is 0.754. The number of nitrogens with one attached hydrogen (secondary N) is 1. The Balaban J connectivity index is 1.45. The first kappa shape index (κ1) is 18.4. The van der Waals surface area contributed by atoms with Gasteiger partial charge < -0.3 is 10.1 Å². The molecule has 1 aliphatic rings. The van der Waals surface area contributed by atoms with Crippen LogP contribution in [0.25, 0.3) is 0 Å². The number of carbonyl (C=O) groups is 2. The molecule has 0 aliphatic heterocycles. The smallest absolute Gasteiger partial charge is 0.317 e. The van der Waals surface area contributed by atoms with Crippen LogP contribution >= 0.6 is 11.6 Å². The Labute approximate surface area is 156 Å². The molecule has 0 unspecified atom stereocenters. The number of amides is 1. The van der Waals surface area contributed by atoms with Crippen LogP contribution in [0.1, 0.15) is 24.0 Å². The molecule has 2 aromatic carbocycles. The lowest BCUT2D eigenvalue weighted by Crippen LogP contribution is -2.33. The molecular formula is C20H19ClFNO3. The van der Waals surface area contributed by atoms with Crippen molar-refractivity contribution in [1.29, 1.82) is 0 Å². The molecule has 1 fully saturated rings. The van der Waals surface area contributed by atoms with Crippen molar-refractivity contribution in [1.82, 2.24) is 5.32 Å². The number of esters is 1. The fourth-order valence-corrected chi connectivity index (χ4v) is 2.99. The van der Waals surface area contributed by atoms with Gasteiger partial charge in [-0.25, -0.2) is 4.39 Å². The first-order chi connectivity index (χ1) is 12.5. The molecule has 1 N–H and O–H groups in total. The molecule has 3 rings (SSSR count). The van der Waals surface area contributed by atoms with Gasteiger partial charge in [0, 0.05) is 11.6 Å². The SMILES string of the molecule is O=C(COC(=O)C1(c2ccc(Cl)cc2)CC1)NCCc1ccccc1F. The third-order valence-corrected chi connectivity index (χ3v) is 4.80. The van der Waals surface area contributed by atoms with E-state index in [1.165, 1.54) is 6.07 Å². The van der Waals surface area contributed by atoms with Gasteiger partial charge in [-0.3, -0.25) is 9.59 Å². The predicted octanol–water partition coefficient (Wildman–Crippen LogP) is 3.41. The van der Waals surface area contributed by atoms with E-state index in [0.29, 0.717) is 29.8 Å². The summed E-state index contributed by atoms with van der Waals surface area (Å²) in [6.45, 7) is -0.0644. The average Bonchev–Trinajstić information content (AvgIpc) is 3.44. The zero-order valence-electron chi connectivity index (χ0n) is 14.1. The highest BCUT2D eigenvalue weighted by Crippen LogP contribution is 2.49. The second kappa shape index (κ2) is 7.87. The zero-order valence-corrected chi connectivity index (χ0v) is 14.9. The van der Waals surface area contributed by atoms with E-state index in [-0.39, 0.29) is 19.0 Å². The number of carbonyl (C=O) groups excluding carboxylic acids is 2. The van der Waals surface area contributed by atoms with Crippen LogP contribution in [0.5, 0.6) is 0 Å². The predicted molar refractivity (Wildman–Crippen MR) is 96.4 cm³/mol. The van der Waals surface area contributed by atoms with Crippen LogP contribution < -0.4 is 5.32 Å². The van der Waals surface area contributed by atoms with E-state index in [2.05, 4.69) is 5.32 Å². The summed E-state index contributed by atoms with van der Waals surface area (Å²) in [5.41, 5.74) is 0.731. The van der Waals surface area contributed by atoms with Gasteiger partial charge in [0.15, 0.2) is 6.61 Å². The molecule has 0 spiro atoms. The van der Waals surface area contributed by atoms with Gasteiger partial charge >= 0.3 is 5.97 Å². The van der Waals surface area contributed by atoms with Crippen LogP contribution in [0, 0.1) is 5.82 Å². The maximum atomic E-state index is 13.5. The number of ether oxygens (including phenoxy) is 1. The van der Waals surface area contributed by atoms with Gasteiger partial charge in [-0.1, -0.05) is 41.9 Å². The monoisotopic (exact) mass is 375 g/mol. The maximum Gasteiger partial charge on any atom is 0.317 e. The average molecular weight is 376 g/mol. The fourth-order valence-electron chi connectivity index (χ4n) is 2.86. The van der Waals surface area contributed by atoms with Gasteiger partial charge in [-0.15, -0.1) is 0 Å². The lowest BCUT2D eigenvalue weighted by molar-refractivity contribution is -0.151. The Morgan fingerprint density at radius 1 is 1.12 bits per heavy atom. The normalized spacial score (nSPS) is 14.5. The molecule has 4 nitrogen and oxygen atoms in total. The second-order valence-electron chi connectivity index (χ2n) is 6.36. The summed E-state index contributed by atoms with van der Waals surface area (Å²) in [6, 6.07) is 13.5. The first-order valence-electron chi connectivity index (χ1n) is 8.45. The molecule has 0 bridgehead atoms. The van der Waals surface area contributed by atoms with E-state index in [0.717, 1.165) is 5.56 Å². The van der Waals surface area contributed by atoms with E-state index in [1.54, 1.807) is 30.3 Å². The van der Waals surface area contributed by atoms with Crippen molar-refractivity contribution in [3.8, 4) is 0 Å². The minimum absolute atomic E-state index is 0.277. The molecule has 26 heavy (non-hydrogen) atoms. The molecule has 6 heteroatoms. The Morgan fingerprint density at radius 3 is 2.46 bits per heavy atom. The van der Waals surface area contributed by atoms with Crippen LogP contribution in [-0.4, -0.2) is 25.0 Å². The highest BCUT2D eigenvalue weighted by Gasteiger charge is 2.52. The summed E-state index contributed by atoms with van der Waals surface area (Å²) in [4.78, 5) is 24.2. The number of hydrogen-bond donors (Lipinski definition) is 1. The van der Waals surface area contributed by atoms with Crippen molar-refractivity contribution < 1.29 is 18.7 Å². The van der Waals surface area contributed by atoms with Gasteiger partial charge in [0.05, 0.1) is 5.41 Å². The van der Waals surface area contributed by atoms with Gasteiger partial charge in [0.2, 0.25) is 0 Å². The van der Waals surface area contributed by atoms with Crippen LogP contribution in [0.4, 0.5) is 4.39 Å². The van der Waals surface area contributed by atoms with Crippen molar-refractivity contribution in [2.24, 2.45) is 0 Å². The molecule has 1 aliphatic carbocycles. The molecule has 0 atom stereocenters. The minimum Gasteiger partial charge on any atom is -0.455 e. The van der Waals surface area contributed by atoms with Crippen LogP contribution in [0.15, 0.2) is 48.5 Å². The van der Waals surface area contributed by atoms with Crippen LogP contribution in [-0.2, 0) is 26.2 Å². The Hall–Kier alpha value is -2.40. The highest BCUT2D eigenvalue weighted by atomic mass is 35.5. The first-order valence-corrected chi connectivity index (χ1v) is 8.82. The summed E-state index contributed by atoms with van der Waals surface area (Å²) in [5.74, 6) is -1.10. The van der Waals surface area contributed by atoms with Crippen molar-refractivity contribution in [2.75, 3.05) is 13.2 Å². The molecule has 1 amide bonds. The lowest BCUT2D eigenvalue weighted by atomic mass is 9.96. The van der Waals surface area contributed by atoms with Gasteiger partial charge in [0.1, 0.15) is 5.82 Å². The third kappa shape index (κ3) is 4.22. The summed E-state index contributed by atoms with van der Waals surface area (Å²) in [5, 5.41) is 3.24. The molecule has 1 saturated carbocycles. The van der Waals surface area contributed by atoms with E-state index >= 15 is 0 Å². The molecule has 2 aromatic rings. The molecule has 0 saturated heterocycles. The number of halogens is 2. The Bertz CT molecular complexity index is 803. The van der Waals surface area contributed by atoms with Crippen molar-refractivity contribution in [3.63, 3.8) is 0 Å². The van der Waals surface area contributed by atoms with Gasteiger partial charge in [0.25, 0.3) is 5.91 Å². The van der Waals surface area contributed by atoms with Crippen molar-refractivity contribution in [3.05, 3.63) is 70.5 Å². The largest absolute Gasteiger partial charge is 0.455 e.